The summed E-state index contributed by atoms with van der Waals surface area (Å²) in [6.07, 6.45) is 1.45. The van der Waals surface area contributed by atoms with E-state index in [9.17, 15) is 18.3 Å². The molecule has 1 atom stereocenters. The number of carboxylic acids is 1. The Balaban J connectivity index is 1.83. The number of benzene rings is 2. The standard InChI is InChI=1S/C22H27N3O6S2/c1-30-16-7-5-6-15(12-16)18(14-21(26)27)23-22(32)24-19-13-17(8-9-20(19)31-2)33(28,29)25-10-3-4-11-25/h5-9,12-13,18H,3-4,10-11,14H2,1-2H3,(H,26,27)(H2,23,24,32)/t18-/m0/s1. The summed E-state index contributed by atoms with van der Waals surface area (Å²) in [5.41, 5.74) is 1.04. The molecular formula is C22H27N3O6S2. The number of hydrogen-bond acceptors (Lipinski definition) is 6. The van der Waals surface area contributed by atoms with Gasteiger partial charge in [-0.3, -0.25) is 4.79 Å². The van der Waals surface area contributed by atoms with E-state index in [1.807, 2.05) is 0 Å². The first-order valence-corrected chi connectivity index (χ1v) is 12.2. The van der Waals surface area contributed by atoms with E-state index in [-0.39, 0.29) is 16.4 Å². The predicted octanol–water partition coefficient (Wildman–Crippen LogP) is 2.99. The highest BCUT2D eigenvalue weighted by Crippen LogP contribution is 2.30. The number of rotatable bonds is 9. The van der Waals surface area contributed by atoms with Crippen LogP contribution in [-0.2, 0) is 14.8 Å². The van der Waals surface area contributed by atoms with Crippen molar-refractivity contribution >= 4 is 39.0 Å². The van der Waals surface area contributed by atoms with Crippen LogP contribution in [0.3, 0.4) is 0 Å². The minimum Gasteiger partial charge on any atom is -0.497 e. The van der Waals surface area contributed by atoms with Crippen molar-refractivity contribution < 1.29 is 27.8 Å². The number of sulfonamides is 1. The molecule has 0 aliphatic carbocycles. The summed E-state index contributed by atoms with van der Waals surface area (Å²) in [5.74, 6) is -0.0184. The minimum atomic E-state index is -3.63. The van der Waals surface area contributed by atoms with E-state index >= 15 is 0 Å². The average Bonchev–Trinajstić information content (AvgIpc) is 3.34. The van der Waals surface area contributed by atoms with Crippen LogP contribution in [0.2, 0.25) is 0 Å². The Hall–Kier alpha value is -2.89. The number of nitrogens with zero attached hydrogens (tertiary/aromatic N) is 1. The number of thiocarbonyl (C=S) groups is 1. The molecule has 0 saturated carbocycles. The number of ether oxygens (including phenoxy) is 2. The van der Waals surface area contributed by atoms with Gasteiger partial charge in [0.05, 0.1) is 37.3 Å². The molecule has 33 heavy (non-hydrogen) atoms. The zero-order valence-corrected chi connectivity index (χ0v) is 20.0. The fourth-order valence-electron chi connectivity index (χ4n) is 3.62. The molecule has 1 fully saturated rings. The van der Waals surface area contributed by atoms with Gasteiger partial charge >= 0.3 is 5.97 Å². The van der Waals surface area contributed by atoms with Crippen LogP contribution in [-0.4, -0.2) is 56.2 Å². The molecule has 0 bridgehead atoms. The Labute approximate surface area is 198 Å². The first-order valence-electron chi connectivity index (χ1n) is 10.4. The van der Waals surface area contributed by atoms with Crippen LogP contribution in [0.4, 0.5) is 5.69 Å². The van der Waals surface area contributed by atoms with Crippen LogP contribution in [0.25, 0.3) is 0 Å². The van der Waals surface area contributed by atoms with Crippen LogP contribution in [0, 0.1) is 0 Å². The monoisotopic (exact) mass is 493 g/mol. The lowest BCUT2D eigenvalue weighted by Crippen LogP contribution is -2.34. The van der Waals surface area contributed by atoms with Crippen molar-refractivity contribution in [2.45, 2.75) is 30.2 Å². The maximum Gasteiger partial charge on any atom is 0.305 e. The van der Waals surface area contributed by atoms with E-state index in [1.165, 1.54) is 30.7 Å². The lowest BCUT2D eigenvalue weighted by molar-refractivity contribution is -0.137. The highest BCUT2D eigenvalue weighted by molar-refractivity contribution is 7.89. The summed E-state index contributed by atoms with van der Waals surface area (Å²) < 4.78 is 37.9. The molecule has 3 N–H and O–H groups in total. The molecule has 2 aromatic carbocycles. The lowest BCUT2D eigenvalue weighted by atomic mass is 10.0. The molecule has 3 rings (SSSR count). The summed E-state index contributed by atoms with van der Waals surface area (Å²) in [4.78, 5) is 11.6. The Bertz CT molecular complexity index is 1120. The maximum atomic E-state index is 12.9. The first-order chi connectivity index (χ1) is 15.7. The van der Waals surface area contributed by atoms with Gasteiger partial charge in [-0.25, -0.2) is 8.42 Å². The smallest absolute Gasteiger partial charge is 0.305 e. The van der Waals surface area contributed by atoms with Crippen molar-refractivity contribution in [3.63, 3.8) is 0 Å². The normalized spacial score (nSPS) is 15.0. The number of aliphatic carboxylic acids is 1. The molecule has 0 aromatic heterocycles. The van der Waals surface area contributed by atoms with Gasteiger partial charge < -0.3 is 25.2 Å². The van der Waals surface area contributed by atoms with Gasteiger partial charge in [0.2, 0.25) is 10.0 Å². The molecule has 9 nitrogen and oxygen atoms in total. The second-order valence-corrected chi connectivity index (χ2v) is 9.84. The summed E-state index contributed by atoms with van der Waals surface area (Å²) in [7, 11) is -0.634. The van der Waals surface area contributed by atoms with E-state index in [0.717, 1.165) is 12.8 Å². The Morgan fingerprint density at radius 3 is 2.52 bits per heavy atom. The molecule has 2 aromatic rings. The molecule has 1 aliphatic heterocycles. The van der Waals surface area contributed by atoms with E-state index < -0.39 is 22.0 Å². The summed E-state index contributed by atoms with van der Waals surface area (Å²) >= 11 is 5.42. The van der Waals surface area contributed by atoms with Crippen molar-refractivity contribution in [1.82, 2.24) is 9.62 Å². The van der Waals surface area contributed by atoms with Crippen LogP contribution in [0.15, 0.2) is 47.4 Å². The van der Waals surface area contributed by atoms with Gasteiger partial charge in [0.25, 0.3) is 0 Å². The second kappa shape index (κ2) is 10.8. The quantitative estimate of drug-likeness (QED) is 0.453. The second-order valence-electron chi connectivity index (χ2n) is 7.50. The first kappa shape index (κ1) is 24.7. The van der Waals surface area contributed by atoms with Gasteiger partial charge in [-0.15, -0.1) is 0 Å². The molecule has 1 aliphatic rings. The van der Waals surface area contributed by atoms with Crippen molar-refractivity contribution in [3.05, 3.63) is 48.0 Å². The van der Waals surface area contributed by atoms with Crippen LogP contribution in [0.1, 0.15) is 30.9 Å². The summed E-state index contributed by atoms with van der Waals surface area (Å²) in [6, 6.07) is 10.9. The topological polar surface area (TPSA) is 117 Å². The van der Waals surface area contributed by atoms with Gasteiger partial charge in [-0.1, -0.05) is 12.1 Å². The Morgan fingerprint density at radius 1 is 1.15 bits per heavy atom. The van der Waals surface area contributed by atoms with E-state index in [2.05, 4.69) is 10.6 Å². The molecule has 1 heterocycles. The van der Waals surface area contributed by atoms with Gasteiger partial charge in [0.15, 0.2) is 5.11 Å². The summed E-state index contributed by atoms with van der Waals surface area (Å²) in [5, 5.41) is 15.4. The third-order valence-electron chi connectivity index (χ3n) is 5.30. The molecule has 0 unspecified atom stereocenters. The molecule has 178 valence electrons. The van der Waals surface area contributed by atoms with Crippen LogP contribution >= 0.6 is 12.2 Å². The molecule has 1 saturated heterocycles. The molecular weight excluding hydrogens is 466 g/mol. The summed E-state index contributed by atoms with van der Waals surface area (Å²) in [6.45, 7) is 0.989. The largest absolute Gasteiger partial charge is 0.497 e. The van der Waals surface area contributed by atoms with E-state index in [1.54, 1.807) is 30.3 Å². The number of methoxy groups -OCH3 is 2. The van der Waals surface area contributed by atoms with Crippen molar-refractivity contribution in [2.75, 3.05) is 32.6 Å². The number of carboxylic acid groups (broad SMARTS) is 1. The molecule has 11 heteroatoms. The SMILES string of the molecule is COc1cccc([C@H](CC(=O)O)NC(=S)Nc2cc(S(=O)(=O)N3CCCC3)ccc2OC)c1. The van der Waals surface area contributed by atoms with E-state index in [0.29, 0.717) is 35.8 Å². The fourth-order valence-corrected chi connectivity index (χ4v) is 5.42. The zero-order valence-electron chi connectivity index (χ0n) is 18.4. The Kier molecular flexibility index (Phi) is 8.11. The van der Waals surface area contributed by atoms with Gasteiger partial charge in [-0.05, 0) is 61.0 Å². The van der Waals surface area contributed by atoms with Gasteiger partial charge in [-0.2, -0.15) is 4.31 Å². The predicted molar refractivity (Wildman–Crippen MR) is 128 cm³/mol. The number of nitrogens with one attached hydrogen (secondary N) is 2. The number of carbonyl (C=O) groups is 1. The minimum absolute atomic E-state index is 0.123. The number of hydrogen-bond donors (Lipinski definition) is 3. The average molecular weight is 494 g/mol. The molecule has 0 radical (unpaired) electrons. The van der Waals surface area contributed by atoms with Crippen molar-refractivity contribution in [2.24, 2.45) is 0 Å². The highest BCUT2D eigenvalue weighted by atomic mass is 32.2. The molecule has 0 amide bonds. The number of anilines is 1. The maximum absolute atomic E-state index is 12.9. The third-order valence-corrected chi connectivity index (χ3v) is 7.42. The van der Waals surface area contributed by atoms with Crippen LogP contribution < -0.4 is 20.1 Å². The van der Waals surface area contributed by atoms with Crippen LogP contribution in [0.5, 0.6) is 11.5 Å². The fraction of sp³-hybridized carbons (Fsp3) is 0.364. The Morgan fingerprint density at radius 2 is 1.88 bits per heavy atom. The van der Waals surface area contributed by atoms with Gasteiger partial charge in [0.1, 0.15) is 11.5 Å². The molecule has 0 spiro atoms. The zero-order chi connectivity index (χ0) is 24.0. The third kappa shape index (κ3) is 6.12. The van der Waals surface area contributed by atoms with E-state index in [4.69, 9.17) is 21.7 Å². The lowest BCUT2D eigenvalue weighted by Gasteiger charge is -2.22. The van der Waals surface area contributed by atoms with Gasteiger partial charge in [0, 0.05) is 13.1 Å². The highest BCUT2D eigenvalue weighted by Gasteiger charge is 2.28. The van der Waals surface area contributed by atoms with Crippen molar-refractivity contribution in [1.29, 1.82) is 0 Å². The van der Waals surface area contributed by atoms with Crippen molar-refractivity contribution in [3.8, 4) is 11.5 Å².